The van der Waals surface area contributed by atoms with Gasteiger partial charge in [0.2, 0.25) is 5.88 Å². The van der Waals surface area contributed by atoms with Crippen LogP contribution in [0, 0.1) is 5.92 Å². The van der Waals surface area contributed by atoms with E-state index in [4.69, 9.17) is 9.47 Å². The third-order valence-electron chi connectivity index (χ3n) is 6.10. The van der Waals surface area contributed by atoms with Crippen LogP contribution in [0.4, 0.5) is 4.79 Å². The van der Waals surface area contributed by atoms with Crippen molar-refractivity contribution in [2.45, 2.75) is 70.9 Å². The Kier molecular flexibility index (Phi) is 8.34. The van der Waals surface area contributed by atoms with Gasteiger partial charge >= 0.3 is 6.09 Å². The lowest BCUT2D eigenvalue weighted by molar-refractivity contribution is 0.0179. The third kappa shape index (κ3) is 6.82. The highest BCUT2D eigenvalue weighted by atomic mass is 16.6. The van der Waals surface area contributed by atoms with Crippen LogP contribution in [-0.2, 0) is 4.74 Å². The minimum Gasteiger partial charge on any atom is -0.478 e. The van der Waals surface area contributed by atoms with Gasteiger partial charge in [-0.25, -0.2) is 9.78 Å². The summed E-state index contributed by atoms with van der Waals surface area (Å²) >= 11 is 0. The van der Waals surface area contributed by atoms with Gasteiger partial charge in [-0.2, -0.15) is 0 Å². The lowest BCUT2D eigenvalue weighted by Gasteiger charge is -2.33. The highest BCUT2D eigenvalue weighted by molar-refractivity contribution is 5.94. The summed E-state index contributed by atoms with van der Waals surface area (Å²) in [6.07, 6.45) is 7.05. The number of hydrogen-bond acceptors (Lipinski definition) is 6. The van der Waals surface area contributed by atoms with Crippen LogP contribution in [0.5, 0.6) is 5.88 Å². The Morgan fingerprint density at radius 1 is 1.16 bits per heavy atom. The van der Waals surface area contributed by atoms with Crippen LogP contribution in [0.2, 0.25) is 0 Å². The number of rotatable bonds is 7. The molecule has 0 spiro atoms. The fourth-order valence-corrected chi connectivity index (χ4v) is 4.33. The van der Waals surface area contributed by atoms with Gasteiger partial charge in [-0.3, -0.25) is 4.79 Å². The highest BCUT2D eigenvalue weighted by Gasteiger charge is 2.29. The average Bonchev–Trinajstić information content (AvgIpc) is 3.25. The summed E-state index contributed by atoms with van der Waals surface area (Å²) in [6.45, 7) is 8.40. The SMILES string of the molecule is CC(C)(C)OC(=O)N1CCC(CCCOc2ccc(C(=O)N3CCCC3CO)cn2)CC1. The number of likely N-dealkylation sites (tertiary alicyclic amines) is 2. The molecule has 2 saturated heterocycles. The number of piperidine rings is 1. The number of amides is 2. The van der Waals surface area contributed by atoms with Crippen LogP contribution in [0.1, 0.15) is 69.7 Å². The molecule has 2 amide bonds. The third-order valence-corrected chi connectivity index (χ3v) is 6.10. The van der Waals surface area contributed by atoms with Gasteiger partial charge in [0.1, 0.15) is 5.60 Å². The zero-order valence-corrected chi connectivity index (χ0v) is 19.6. The fourth-order valence-electron chi connectivity index (χ4n) is 4.33. The van der Waals surface area contributed by atoms with E-state index in [0.29, 0.717) is 30.5 Å². The van der Waals surface area contributed by atoms with E-state index in [0.717, 1.165) is 51.6 Å². The molecule has 1 atom stereocenters. The van der Waals surface area contributed by atoms with Crippen molar-refractivity contribution in [2.24, 2.45) is 5.92 Å². The molecular weight excluding hydrogens is 410 g/mol. The highest BCUT2D eigenvalue weighted by Crippen LogP contribution is 2.24. The van der Waals surface area contributed by atoms with Crippen molar-refractivity contribution >= 4 is 12.0 Å². The predicted molar refractivity (Wildman–Crippen MR) is 121 cm³/mol. The van der Waals surface area contributed by atoms with Crippen LogP contribution in [0.3, 0.4) is 0 Å². The molecule has 2 aliphatic heterocycles. The quantitative estimate of drug-likeness (QED) is 0.644. The first-order valence-electron chi connectivity index (χ1n) is 11.8. The number of aliphatic hydroxyl groups is 1. The largest absolute Gasteiger partial charge is 0.478 e. The Morgan fingerprint density at radius 3 is 2.53 bits per heavy atom. The molecule has 32 heavy (non-hydrogen) atoms. The van der Waals surface area contributed by atoms with Gasteiger partial charge < -0.3 is 24.4 Å². The second kappa shape index (κ2) is 11.0. The standard InChI is InChI=1S/C24H37N3O5/c1-24(2,3)32-23(30)26-13-10-18(11-14-26)6-5-15-31-21-9-8-19(16-25-21)22(29)27-12-4-7-20(27)17-28/h8-9,16,18,20,28H,4-7,10-15,17H2,1-3H3. The van der Waals surface area contributed by atoms with Crippen molar-refractivity contribution in [3.05, 3.63) is 23.9 Å². The number of hydrogen-bond donors (Lipinski definition) is 1. The molecule has 2 aliphatic rings. The van der Waals surface area contributed by atoms with Gasteiger partial charge in [0.25, 0.3) is 5.91 Å². The summed E-state index contributed by atoms with van der Waals surface area (Å²) in [4.78, 5) is 32.6. The molecular formula is C24H37N3O5. The van der Waals surface area contributed by atoms with E-state index in [1.165, 1.54) is 0 Å². The van der Waals surface area contributed by atoms with Crippen molar-refractivity contribution < 1.29 is 24.2 Å². The molecule has 0 saturated carbocycles. The molecule has 1 N–H and O–H groups in total. The van der Waals surface area contributed by atoms with Gasteiger partial charge in [-0.1, -0.05) is 0 Å². The zero-order chi connectivity index (χ0) is 23.1. The first-order chi connectivity index (χ1) is 15.3. The first-order valence-corrected chi connectivity index (χ1v) is 11.8. The maximum atomic E-state index is 12.6. The van der Waals surface area contributed by atoms with E-state index in [9.17, 15) is 14.7 Å². The zero-order valence-electron chi connectivity index (χ0n) is 19.6. The maximum absolute atomic E-state index is 12.6. The van der Waals surface area contributed by atoms with Crippen LogP contribution in [0.15, 0.2) is 18.3 Å². The van der Waals surface area contributed by atoms with Crippen molar-refractivity contribution in [3.8, 4) is 5.88 Å². The molecule has 1 unspecified atom stereocenters. The van der Waals surface area contributed by atoms with E-state index in [1.807, 2.05) is 20.8 Å². The van der Waals surface area contributed by atoms with Crippen LogP contribution >= 0.6 is 0 Å². The summed E-state index contributed by atoms with van der Waals surface area (Å²) in [5, 5.41) is 9.42. The Labute approximate surface area is 190 Å². The summed E-state index contributed by atoms with van der Waals surface area (Å²) in [6, 6.07) is 3.38. The van der Waals surface area contributed by atoms with Crippen LogP contribution in [0.25, 0.3) is 0 Å². The molecule has 3 heterocycles. The fraction of sp³-hybridized carbons (Fsp3) is 0.708. The molecule has 2 fully saturated rings. The number of pyridine rings is 1. The predicted octanol–water partition coefficient (Wildman–Crippen LogP) is 3.48. The number of aliphatic hydroxyl groups excluding tert-OH is 1. The molecule has 0 radical (unpaired) electrons. The van der Waals surface area contributed by atoms with E-state index in [2.05, 4.69) is 4.98 Å². The van der Waals surface area contributed by atoms with Crippen molar-refractivity contribution in [1.82, 2.24) is 14.8 Å². The topological polar surface area (TPSA) is 92.2 Å². The molecule has 8 heteroatoms. The molecule has 0 aliphatic carbocycles. The molecule has 178 valence electrons. The van der Waals surface area contributed by atoms with E-state index in [-0.39, 0.29) is 24.6 Å². The number of carbonyl (C=O) groups is 2. The molecule has 1 aromatic heterocycles. The summed E-state index contributed by atoms with van der Waals surface area (Å²) in [7, 11) is 0. The summed E-state index contributed by atoms with van der Waals surface area (Å²) < 4.78 is 11.2. The van der Waals surface area contributed by atoms with E-state index in [1.54, 1.807) is 28.1 Å². The Balaban J connectivity index is 1.34. The second-order valence-corrected chi connectivity index (χ2v) is 9.76. The minimum atomic E-state index is -0.458. The Hall–Kier alpha value is -2.35. The minimum absolute atomic E-state index is 0.000389. The van der Waals surface area contributed by atoms with E-state index < -0.39 is 5.60 Å². The van der Waals surface area contributed by atoms with Crippen molar-refractivity contribution in [2.75, 3.05) is 32.8 Å². The monoisotopic (exact) mass is 447 g/mol. The van der Waals surface area contributed by atoms with Crippen LogP contribution < -0.4 is 4.74 Å². The van der Waals surface area contributed by atoms with Gasteiger partial charge in [0.15, 0.2) is 0 Å². The molecule has 3 rings (SSSR count). The molecule has 1 aromatic rings. The number of carbonyl (C=O) groups excluding carboxylic acids is 2. The Morgan fingerprint density at radius 2 is 1.91 bits per heavy atom. The normalized spacial score (nSPS) is 19.8. The van der Waals surface area contributed by atoms with Crippen molar-refractivity contribution in [1.29, 1.82) is 0 Å². The number of aromatic nitrogens is 1. The van der Waals surface area contributed by atoms with Crippen LogP contribution in [-0.4, -0.2) is 76.4 Å². The summed E-state index contributed by atoms with van der Waals surface area (Å²) in [5.41, 5.74) is 0.0651. The second-order valence-electron chi connectivity index (χ2n) is 9.76. The van der Waals surface area contributed by atoms with E-state index >= 15 is 0 Å². The molecule has 0 bridgehead atoms. The van der Waals surface area contributed by atoms with Gasteiger partial charge in [0.05, 0.1) is 24.8 Å². The molecule has 0 aromatic carbocycles. The Bertz CT molecular complexity index is 754. The van der Waals surface area contributed by atoms with Gasteiger partial charge in [-0.15, -0.1) is 0 Å². The van der Waals surface area contributed by atoms with Gasteiger partial charge in [0, 0.05) is 31.9 Å². The first kappa shape index (κ1) is 24.3. The lowest BCUT2D eigenvalue weighted by Crippen LogP contribution is -2.41. The number of nitrogens with zero attached hydrogens (tertiary/aromatic N) is 3. The van der Waals surface area contributed by atoms with Crippen molar-refractivity contribution in [3.63, 3.8) is 0 Å². The summed E-state index contributed by atoms with van der Waals surface area (Å²) in [5.74, 6) is 1.02. The maximum Gasteiger partial charge on any atom is 0.410 e. The molecule has 8 nitrogen and oxygen atoms in total. The lowest BCUT2D eigenvalue weighted by atomic mass is 9.92. The smallest absolute Gasteiger partial charge is 0.410 e. The number of ether oxygens (including phenoxy) is 2. The van der Waals surface area contributed by atoms with Gasteiger partial charge in [-0.05, 0) is 71.3 Å². The average molecular weight is 448 g/mol.